The Morgan fingerprint density at radius 3 is 2.81 bits per heavy atom. The Balaban J connectivity index is 1.59. The van der Waals surface area contributed by atoms with Crippen molar-refractivity contribution in [3.05, 3.63) is 68.0 Å². The average Bonchev–Trinajstić information content (AvgIpc) is 3.42. The normalized spacial score (nSPS) is 18.4. The number of halogens is 2. The van der Waals surface area contributed by atoms with Gasteiger partial charge in [0.25, 0.3) is 5.91 Å². The Labute approximate surface area is 180 Å². The van der Waals surface area contributed by atoms with E-state index in [-0.39, 0.29) is 11.9 Å². The first-order chi connectivity index (χ1) is 13.0. The van der Waals surface area contributed by atoms with Gasteiger partial charge < -0.3 is 4.74 Å². The minimum Gasteiger partial charge on any atom is -0.488 e. The van der Waals surface area contributed by atoms with Crippen LogP contribution in [0.4, 0.5) is 0 Å². The highest BCUT2D eigenvalue weighted by molar-refractivity contribution is 9.10. The number of thioether (sulfide) groups is 1. The molecule has 1 heterocycles. The highest BCUT2D eigenvalue weighted by Crippen LogP contribution is 2.41. The third kappa shape index (κ3) is 4.24. The van der Waals surface area contributed by atoms with Gasteiger partial charge in [-0.2, -0.15) is 0 Å². The summed E-state index contributed by atoms with van der Waals surface area (Å²) < 4.78 is 7.56. The van der Waals surface area contributed by atoms with Crippen LogP contribution in [0.5, 0.6) is 5.75 Å². The third-order valence-corrected chi connectivity index (χ3v) is 6.53. The second-order valence-electron chi connectivity index (χ2n) is 6.35. The Morgan fingerprint density at radius 2 is 2.07 bits per heavy atom. The monoisotopic (exact) mass is 479 g/mol. The predicted molar refractivity (Wildman–Crippen MR) is 118 cm³/mol. The zero-order valence-corrected chi connectivity index (χ0v) is 18.1. The molecule has 7 heteroatoms. The van der Waals surface area contributed by atoms with E-state index in [1.807, 2.05) is 48.5 Å². The van der Waals surface area contributed by atoms with Gasteiger partial charge >= 0.3 is 0 Å². The molecule has 1 saturated carbocycles. The van der Waals surface area contributed by atoms with Crippen LogP contribution in [0.15, 0.2) is 51.8 Å². The van der Waals surface area contributed by atoms with Crippen LogP contribution in [0.2, 0.25) is 5.02 Å². The smallest absolute Gasteiger partial charge is 0.266 e. The van der Waals surface area contributed by atoms with E-state index in [9.17, 15) is 4.79 Å². The minimum absolute atomic E-state index is 0.00970. The van der Waals surface area contributed by atoms with Crippen molar-refractivity contribution in [2.75, 3.05) is 0 Å². The van der Waals surface area contributed by atoms with E-state index in [0.717, 1.165) is 28.4 Å². The molecule has 138 valence electrons. The number of benzene rings is 2. The van der Waals surface area contributed by atoms with Crippen LogP contribution in [-0.4, -0.2) is 21.2 Å². The van der Waals surface area contributed by atoms with Crippen molar-refractivity contribution in [3.63, 3.8) is 0 Å². The number of carbonyl (C=O) groups is 1. The van der Waals surface area contributed by atoms with Gasteiger partial charge in [0.1, 0.15) is 16.7 Å². The summed E-state index contributed by atoms with van der Waals surface area (Å²) in [6.07, 6.45) is 3.92. The summed E-state index contributed by atoms with van der Waals surface area (Å²) in [7, 11) is 0. The number of hydrogen-bond acceptors (Lipinski definition) is 4. The maximum atomic E-state index is 12.7. The number of carbonyl (C=O) groups excluding carboxylic acids is 1. The van der Waals surface area contributed by atoms with Crippen LogP contribution >= 0.6 is 51.5 Å². The lowest BCUT2D eigenvalue weighted by atomic mass is 10.1. The number of rotatable bonds is 5. The van der Waals surface area contributed by atoms with Crippen molar-refractivity contribution in [3.8, 4) is 5.75 Å². The van der Waals surface area contributed by atoms with E-state index in [0.29, 0.717) is 26.6 Å². The molecular formula is C20H15BrClNO2S2. The molecule has 2 aromatic carbocycles. The van der Waals surface area contributed by atoms with Gasteiger partial charge in [-0.1, -0.05) is 69.7 Å². The van der Waals surface area contributed by atoms with Crippen molar-refractivity contribution < 1.29 is 9.53 Å². The lowest BCUT2D eigenvalue weighted by Crippen LogP contribution is -2.30. The van der Waals surface area contributed by atoms with Crippen molar-refractivity contribution >= 4 is 67.8 Å². The van der Waals surface area contributed by atoms with Crippen LogP contribution in [0.1, 0.15) is 24.0 Å². The molecule has 0 aromatic heterocycles. The maximum Gasteiger partial charge on any atom is 0.266 e. The number of amides is 1. The molecule has 0 atom stereocenters. The van der Waals surface area contributed by atoms with E-state index in [1.165, 1.54) is 11.8 Å². The molecule has 4 rings (SSSR count). The molecule has 2 aromatic rings. The average molecular weight is 481 g/mol. The van der Waals surface area contributed by atoms with Gasteiger partial charge in [0, 0.05) is 26.7 Å². The molecule has 0 spiro atoms. The fraction of sp³-hybridized carbons (Fsp3) is 0.200. The van der Waals surface area contributed by atoms with Crippen LogP contribution in [0.3, 0.4) is 0 Å². The lowest BCUT2D eigenvalue weighted by Gasteiger charge is -2.12. The van der Waals surface area contributed by atoms with E-state index < -0.39 is 0 Å². The Hall–Kier alpha value is -1.34. The molecule has 2 aliphatic rings. The first-order valence-electron chi connectivity index (χ1n) is 8.46. The second kappa shape index (κ2) is 7.95. The summed E-state index contributed by atoms with van der Waals surface area (Å²) >= 11 is 16.4. The van der Waals surface area contributed by atoms with Crippen molar-refractivity contribution in [2.45, 2.75) is 25.5 Å². The van der Waals surface area contributed by atoms with Gasteiger partial charge in [-0.15, -0.1) is 0 Å². The molecule has 0 radical (unpaired) electrons. The fourth-order valence-electron chi connectivity index (χ4n) is 2.80. The first kappa shape index (κ1) is 19.0. The number of nitrogens with zero attached hydrogens (tertiary/aromatic N) is 1. The summed E-state index contributed by atoms with van der Waals surface area (Å²) in [6, 6.07) is 13.6. The molecule has 3 nitrogen and oxygen atoms in total. The Bertz CT molecular complexity index is 959. The summed E-state index contributed by atoms with van der Waals surface area (Å²) in [6.45, 7) is 0.352. The number of hydrogen-bond donors (Lipinski definition) is 0. The molecule has 1 aliphatic heterocycles. The summed E-state index contributed by atoms with van der Waals surface area (Å²) in [4.78, 5) is 15.1. The van der Waals surface area contributed by atoms with E-state index in [2.05, 4.69) is 15.9 Å². The van der Waals surface area contributed by atoms with Gasteiger partial charge in [0.05, 0.1) is 4.91 Å². The van der Waals surface area contributed by atoms with Crippen LogP contribution < -0.4 is 4.74 Å². The number of ether oxygens (including phenoxy) is 1. The fourth-order valence-corrected chi connectivity index (χ4v) is 4.76. The van der Waals surface area contributed by atoms with Crippen molar-refractivity contribution in [1.82, 2.24) is 4.90 Å². The molecule has 1 saturated heterocycles. The minimum atomic E-state index is -0.00970. The maximum absolute atomic E-state index is 12.7. The predicted octanol–water partition coefficient (Wildman–Crippen LogP) is 6.05. The van der Waals surface area contributed by atoms with Gasteiger partial charge in [-0.25, -0.2) is 0 Å². The van der Waals surface area contributed by atoms with Crippen molar-refractivity contribution in [1.29, 1.82) is 0 Å². The second-order valence-corrected chi connectivity index (χ2v) is 9.34. The van der Waals surface area contributed by atoms with Gasteiger partial charge in [0.2, 0.25) is 0 Å². The summed E-state index contributed by atoms with van der Waals surface area (Å²) in [5, 5.41) is 0.668. The van der Waals surface area contributed by atoms with Gasteiger partial charge in [0.15, 0.2) is 0 Å². The van der Waals surface area contributed by atoms with Crippen LogP contribution in [0, 0.1) is 0 Å². The largest absolute Gasteiger partial charge is 0.488 e. The molecule has 2 fully saturated rings. The molecule has 1 aliphatic carbocycles. The molecule has 0 unspecified atom stereocenters. The van der Waals surface area contributed by atoms with Gasteiger partial charge in [-0.05, 0) is 43.2 Å². The van der Waals surface area contributed by atoms with E-state index in [1.54, 1.807) is 4.90 Å². The summed E-state index contributed by atoms with van der Waals surface area (Å²) in [5.41, 5.74) is 1.74. The zero-order valence-electron chi connectivity index (χ0n) is 14.2. The Kier molecular flexibility index (Phi) is 5.60. The zero-order chi connectivity index (χ0) is 19.0. The molecule has 0 bridgehead atoms. The standard InChI is InChI=1S/C20H15BrClNO2S2/c21-14-5-8-17(25-11-12-3-1-2-4-16(12)22)13(9-14)10-18-19(24)23(15-6-7-15)20(26)27-18/h1-5,8-10,15H,6-7,11H2. The van der Waals surface area contributed by atoms with E-state index in [4.69, 9.17) is 28.6 Å². The lowest BCUT2D eigenvalue weighted by molar-refractivity contribution is -0.122. The quantitative estimate of drug-likeness (QED) is 0.385. The van der Waals surface area contributed by atoms with Crippen LogP contribution in [0.25, 0.3) is 6.08 Å². The van der Waals surface area contributed by atoms with Crippen LogP contribution in [-0.2, 0) is 11.4 Å². The molecule has 0 N–H and O–H groups in total. The molecular weight excluding hydrogens is 466 g/mol. The molecule has 27 heavy (non-hydrogen) atoms. The molecule has 1 amide bonds. The Morgan fingerprint density at radius 1 is 1.30 bits per heavy atom. The van der Waals surface area contributed by atoms with Crippen molar-refractivity contribution in [2.24, 2.45) is 0 Å². The summed E-state index contributed by atoms with van der Waals surface area (Å²) in [5.74, 6) is 0.680. The third-order valence-electron chi connectivity index (χ3n) is 4.34. The first-order valence-corrected chi connectivity index (χ1v) is 10.9. The number of thiocarbonyl (C=S) groups is 1. The van der Waals surface area contributed by atoms with Gasteiger partial charge in [-0.3, -0.25) is 9.69 Å². The SMILES string of the molecule is O=C1C(=Cc2cc(Br)ccc2OCc2ccccc2Cl)SC(=S)N1C1CC1. The highest BCUT2D eigenvalue weighted by atomic mass is 79.9. The highest BCUT2D eigenvalue weighted by Gasteiger charge is 2.42. The van der Waals surface area contributed by atoms with E-state index >= 15 is 0 Å². The topological polar surface area (TPSA) is 29.5 Å².